The van der Waals surface area contributed by atoms with E-state index in [-0.39, 0.29) is 34.1 Å². The number of aromatic nitrogens is 8. The zero-order chi connectivity index (χ0) is 40.2. The van der Waals surface area contributed by atoms with Gasteiger partial charge in [0.25, 0.3) is 16.7 Å². The first-order valence-electron chi connectivity index (χ1n) is 15.8. The number of ether oxygens (including phenoxy) is 5. The quantitative estimate of drug-likeness (QED) is 0.0509. The number of phosphoric ester groups is 2. The summed E-state index contributed by atoms with van der Waals surface area (Å²) in [6.07, 6.45) is -6.93. The van der Waals surface area contributed by atoms with Gasteiger partial charge in [-0.1, -0.05) is 0 Å². The zero-order valence-electron chi connectivity index (χ0n) is 29.3. The van der Waals surface area contributed by atoms with Crippen molar-refractivity contribution in [1.29, 1.82) is 0 Å². The average molecular weight is 845 g/mol. The lowest BCUT2D eigenvalue weighted by Crippen LogP contribution is -2.37. The molecule has 8 N–H and O–H groups in total. The van der Waals surface area contributed by atoms with Gasteiger partial charge in [-0.2, -0.15) is 18.2 Å². The summed E-state index contributed by atoms with van der Waals surface area (Å²) in [4.78, 5) is 72.7. The molecule has 2 aliphatic heterocycles. The largest absolute Gasteiger partial charge is 0.490 e. The van der Waals surface area contributed by atoms with Crippen LogP contribution in [0.4, 0.5) is 5.95 Å². The molecule has 0 bridgehead atoms. The number of aromatic amines is 2. The summed E-state index contributed by atoms with van der Waals surface area (Å²) in [5, 5.41) is 10.9. The Morgan fingerprint density at radius 3 is 2.02 bits per heavy atom. The highest BCUT2D eigenvalue weighted by Crippen LogP contribution is 2.68. The highest BCUT2D eigenvalue weighted by atomic mass is 31.3. The van der Waals surface area contributed by atoms with Gasteiger partial charge in [0.05, 0.1) is 26.6 Å². The lowest BCUT2D eigenvalue weighted by atomic mass is 10.1. The van der Waals surface area contributed by atoms with Crippen molar-refractivity contribution >= 4 is 51.7 Å². The standard InChI is InChI=1S/C25H36N9O18P3/c1-10-28-19-13(21(36)29-10)27-8-33(19)23-15(35)16(44-3)11(49-23)6-47-53(38,39)51-55(42,43)52-54(40,41)48-7-12-17(45-4)18(46-5)24(50-12)34-9-32(2)14-20(34)30-25(26)31-22(14)37/h8-9,11-12,15-18,23-24,35H,6-7H2,1-5H3,(H6-,26,28,29,30,31,36,37,38,39,40,41,42,43)/p+1/t11-,12-,15?,16+,17+,18?,23-,24-/m1/s1. The molecular weight excluding hydrogens is 807 g/mol. The van der Waals surface area contributed by atoms with Crippen LogP contribution in [-0.4, -0.2) is 125 Å². The summed E-state index contributed by atoms with van der Waals surface area (Å²) in [5.74, 6) is 0.0471. The second-order valence-corrected chi connectivity index (χ2v) is 16.7. The van der Waals surface area contributed by atoms with Crippen LogP contribution < -0.4 is 21.4 Å². The number of aliphatic hydroxyl groups excluding tert-OH is 1. The summed E-state index contributed by atoms with van der Waals surface area (Å²) >= 11 is 0. The fraction of sp³-hybridized carbons (Fsp3) is 0.600. The predicted octanol–water partition coefficient (Wildman–Crippen LogP) is -1.86. The van der Waals surface area contributed by atoms with Gasteiger partial charge in [-0.15, -0.1) is 0 Å². The number of anilines is 1. The van der Waals surface area contributed by atoms with E-state index in [4.69, 9.17) is 38.5 Å². The van der Waals surface area contributed by atoms with Crippen molar-refractivity contribution in [3.8, 4) is 0 Å². The van der Waals surface area contributed by atoms with E-state index >= 15 is 0 Å². The van der Waals surface area contributed by atoms with E-state index < -0.39 is 96.9 Å². The first-order chi connectivity index (χ1) is 25.8. The number of fused-ring (bicyclic) bond motifs is 2. The highest BCUT2D eigenvalue weighted by molar-refractivity contribution is 7.66. The number of aryl methyl sites for hydroxylation is 2. The van der Waals surface area contributed by atoms with E-state index in [1.807, 2.05) is 0 Å². The minimum absolute atomic E-state index is 0.0480. The van der Waals surface area contributed by atoms with Crippen molar-refractivity contribution in [2.24, 2.45) is 7.05 Å². The lowest BCUT2D eigenvalue weighted by molar-refractivity contribution is -0.646. The molecule has 0 aromatic carbocycles. The van der Waals surface area contributed by atoms with Gasteiger partial charge in [0.2, 0.25) is 18.5 Å². The number of nitrogens with two attached hydrogens (primary N) is 1. The molecule has 2 aliphatic rings. The van der Waals surface area contributed by atoms with Crippen LogP contribution in [0.15, 0.2) is 22.2 Å². The number of rotatable bonds is 15. The molecule has 27 nitrogen and oxygen atoms in total. The first-order valence-corrected chi connectivity index (χ1v) is 20.2. The maximum atomic E-state index is 12.8. The number of nitrogens with one attached hydrogen (secondary N) is 2. The van der Waals surface area contributed by atoms with Gasteiger partial charge in [0.1, 0.15) is 36.3 Å². The van der Waals surface area contributed by atoms with Crippen LogP contribution in [0.5, 0.6) is 0 Å². The average Bonchev–Trinajstić information content (AvgIpc) is 3.82. The number of aliphatic hydroxyl groups is 1. The van der Waals surface area contributed by atoms with Crippen molar-refractivity contribution < 1.29 is 79.4 Å². The maximum absolute atomic E-state index is 12.8. The molecule has 4 aromatic rings. The fourth-order valence-electron chi connectivity index (χ4n) is 6.31. The van der Waals surface area contributed by atoms with Crippen molar-refractivity contribution in [3.05, 3.63) is 39.2 Å². The Hall–Kier alpha value is -3.33. The van der Waals surface area contributed by atoms with Gasteiger partial charge >= 0.3 is 29.0 Å². The highest BCUT2D eigenvalue weighted by Gasteiger charge is 2.52. The molecule has 30 heteroatoms. The van der Waals surface area contributed by atoms with Crippen molar-refractivity contribution in [2.45, 2.75) is 56.0 Å². The SMILES string of the molecule is COC1[C@@H](OC)[C@@H](COP(=O)(O)OP(=O)(O)OP(=O)(O)OC[C@H]2O[C@@H](n3cnc4c(=O)[nH]c(C)nc43)C(O)[C@H]2OC)O[C@H]1n1c[n+](C)c2c(=O)[nH]c(N)nc21. The molecule has 2 saturated heterocycles. The summed E-state index contributed by atoms with van der Waals surface area (Å²) < 4.78 is 88.4. The molecule has 4 aromatic heterocycles. The number of hydrogen-bond donors (Lipinski definition) is 7. The molecule has 6 rings (SSSR count). The molecule has 11 atom stereocenters. The van der Waals surface area contributed by atoms with E-state index in [9.17, 15) is 43.1 Å². The van der Waals surface area contributed by atoms with Gasteiger partial charge < -0.3 is 54.2 Å². The normalized spacial score (nSPS) is 29.1. The van der Waals surface area contributed by atoms with Crippen LogP contribution >= 0.6 is 23.5 Å². The Balaban J connectivity index is 1.08. The molecule has 0 spiro atoms. The first kappa shape index (κ1) is 41.3. The minimum atomic E-state index is -5.92. The summed E-state index contributed by atoms with van der Waals surface area (Å²) in [7, 11) is -11.8. The molecule has 0 radical (unpaired) electrons. The van der Waals surface area contributed by atoms with Gasteiger partial charge in [0.15, 0.2) is 23.5 Å². The summed E-state index contributed by atoms with van der Waals surface area (Å²) in [6, 6.07) is 0. The molecule has 2 fully saturated rings. The third kappa shape index (κ3) is 8.38. The van der Waals surface area contributed by atoms with Crippen LogP contribution in [0.25, 0.3) is 22.3 Å². The number of H-pyrrole nitrogens is 2. The van der Waals surface area contributed by atoms with Crippen LogP contribution in [-0.2, 0) is 62.1 Å². The summed E-state index contributed by atoms with van der Waals surface area (Å²) in [6.45, 7) is -0.227. The number of imidazole rings is 2. The maximum Gasteiger partial charge on any atom is 0.490 e. The fourth-order valence-corrected chi connectivity index (χ4v) is 9.83. The number of phosphoric acid groups is 3. The molecule has 0 saturated carbocycles. The predicted molar refractivity (Wildman–Crippen MR) is 179 cm³/mol. The van der Waals surface area contributed by atoms with Crippen LogP contribution in [0.2, 0.25) is 0 Å². The van der Waals surface area contributed by atoms with E-state index in [1.165, 1.54) is 54.6 Å². The third-order valence-corrected chi connectivity index (χ3v) is 12.8. The van der Waals surface area contributed by atoms with Crippen molar-refractivity contribution in [1.82, 2.24) is 34.1 Å². The van der Waals surface area contributed by atoms with E-state index in [1.54, 1.807) is 7.05 Å². The summed E-state index contributed by atoms with van der Waals surface area (Å²) in [5.41, 5.74) is 4.85. The smallest absolute Gasteiger partial charge is 0.386 e. The lowest BCUT2D eigenvalue weighted by Gasteiger charge is -2.22. The van der Waals surface area contributed by atoms with Crippen LogP contribution in [0.3, 0.4) is 0 Å². The van der Waals surface area contributed by atoms with Gasteiger partial charge in [-0.25, -0.2) is 28.2 Å². The number of nitrogens with zero attached hydrogens (tertiary/aromatic N) is 6. The molecule has 55 heavy (non-hydrogen) atoms. The molecule has 0 amide bonds. The molecular formula is C25H37N9O18P3+. The minimum Gasteiger partial charge on any atom is -0.386 e. The van der Waals surface area contributed by atoms with E-state index in [0.29, 0.717) is 0 Å². The van der Waals surface area contributed by atoms with Crippen molar-refractivity contribution in [2.75, 3.05) is 40.3 Å². The monoisotopic (exact) mass is 844 g/mol. The number of methoxy groups -OCH3 is 3. The Morgan fingerprint density at radius 2 is 1.42 bits per heavy atom. The van der Waals surface area contributed by atoms with Crippen molar-refractivity contribution in [3.63, 3.8) is 0 Å². The van der Waals surface area contributed by atoms with Gasteiger partial charge in [-0.05, 0) is 6.92 Å². The van der Waals surface area contributed by atoms with E-state index in [0.717, 1.165) is 0 Å². The van der Waals surface area contributed by atoms with E-state index in [2.05, 4.69) is 33.5 Å². The van der Waals surface area contributed by atoms with Crippen LogP contribution in [0, 0.1) is 6.92 Å². The van der Waals surface area contributed by atoms with Gasteiger partial charge in [0, 0.05) is 21.3 Å². The van der Waals surface area contributed by atoms with Gasteiger partial charge in [-0.3, -0.25) is 28.2 Å². The molecule has 5 unspecified atom stereocenters. The Labute approximate surface area is 307 Å². The van der Waals surface area contributed by atoms with Crippen LogP contribution in [0.1, 0.15) is 18.3 Å². The molecule has 0 aliphatic carbocycles. The Bertz CT molecular complexity index is 2330. The topological polar surface area (TPSA) is 359 Å². The zero-order valence-corrected chi connectivity index (χ0v) is 32.0. The molecule has 304 valence electrons. The number of nitrogen functional groups attached to an aromatic ring is 1. The number of hydrogen-bond acceptors (Lipinski definition) is 19. The Morgan fingerprint density at radius 1 is 0.836 bits per heavy atom. The second kappa shape index (κ2) is 15.5. The third-order valence-electron chi connectivity index (χ3n) is 8.52. The second-order valence-electron chi connectivity index (χ2n) is 12.1. The molecule has 6 heterocycles. The Kier molecular flexibility index (Phi) is 11.7.